The third-order valence-corrected chi connectivity index (χ3v) is 4.19. The number of hydrogen-bond acceptors (Lipinski definition) is 1. The maximum atomic E-state index is 6.35. The Morgan fingerprint density at radius 2 is 1.82 bits per heavy atom. The quantitative estimate of drug-likeness (QED) is 0.770. The molecule has 1 aliphatic rings. The van der Waals surface area contributed by atoms with Gasteiger partial charge in [-0.25, -0.2) is 0 Å². The van der Waals surface area contributed by atoms with Crippen molar-refractivity contribution in [2.45, 2.75) is 58.9 Å². The van der Waals surface area contributed by atoms with E-state index in [1.165, 1.54) is 35.1 Å². The van der Waals surface area contributed by atoms with Crippen LogP contribution in [-0.2, 0) is 19.3 Å². The van der Waals surface area contributed by atoms with Crippen molar-refractivity contribution in [3.05, 3.63) is 34.4 Å². The van der Waals surface area contributed by atoms with E-state index < -0.39 is 0 Å². The van der Waals surface area contributed by atoms with E-state index in [1.54, 1.807) is 0 Å². The summed E-state index contributed by atoms with van der Waals surface area (Å²) >= 11 is 0. The van der Waals surface area contributed by atoms with Crippen molar-refractivity contribution >= 4 is 0 Å². The van der Waals surface area contributed by atoms with Gasteiger partial charge in [-0.1, -0.05) is 32.9 Å². The summed E-state index contributed by atoms with van der Waals surface area (Å²) in [6, 6.07) is 5.06. The monoisotopic (exact) mass is 231 g/mol. The summed E-state index contributed by atoms with van der Waals surface area (Å²) < 4.78 is 0. The first-order valence-corrected chi connectivity index (χ1v) is 7.05. The van der Waals surface area contributed by atoms with Gasteiger partial charge < -0.3 is 5.73 Å². The molecule has 2 N–H and O–H groups in total. The number of benzene rings is 1. The molecule has 0 aliphatic heterocycles. The third kappa shape index (κ3) is 2.55. The Morgan fingerprint density at radius 3 is 2.47 bits per heavy atom. The van der Waals surface area contributed by atoms with Gasteiger partial charge in [0.2, 0.25) is 0 Å². The zero-order chi connectivity index (χ0) is 12.4. The van der Waals surface area contributed by atoms with E-state index >= 15 is 0 Å². The molecule has 94 valence electrons. The number of rotatable bonds is 2. The molecule has 0 radical (unpaired) electrons. The highest BCUT2D eigenvalue weighted by atomic mass is 14.6. The molecule has 1 aromatic carbocycles. The van der Waals surface area contributed by atoms with Crippen molar-refractivity contribution in [2.24, 2.45) is 11.7 Å². The van der Waals surface area contributed by atoms with E-state index in [0.717, 1.165) is 25.2 Å². The summed E-state index contributed by atoms with van der Waals surface area (Å²) in [4.78, 5) is 0. The molecule has 0 saturated heterocycles. The van der Waals surface area contributed by atoms with E-state index in [1.807, 2.05) is 0 Å². The molecule has 1 nitrogen and oxygen atoms in total. The van der Waals surface area contributed by atoms with Gasteiger partial charge >= 0.3 is 0 Å². The van der Waals surface area contributed by atoms with Crippen molar-refractivity contribution in [3.63, 3.8) is 0 Å². The van der Waals surface area contributed by atoms with Crippen LogP contribution in [0.3, 0.4) is 0 Å². The minimum atomic E-state index is 0.249. The van der Waals surface area contributed by atoms with Gasteiger partial charge in [0.15, 0.2) is 0 Å². The van der Waals surface area contributed by atoms with Gasteiger partial charge in [0, 0.05) is 6.04 Å². The first-order chi connectivity index (χ1) is 8.15. The molecule has 0 saturated carbocycles. The van der Waals surface area contributed by atoms with E-state index in [0.29, 0.717) is 0 Å². The maximum Gasteiger partial charge on any atom is 0.0300 e. The van der Waals surface area contributed by atoms with Gasteiger partial charge in [0.25, 0.3) is 0 Å². The van der Waals surface area contributed by atoms with Crippen LogP contribution < -0.4 is 5.73 Å². The van der Waals surface area contributed by atoms with Gasteiger partial charge in [0.05, 0.1) is 0 Å². The van der Waals surface area contributed by atoms with Gasteiger partial charge in [0.1, 0.15) is 0 Å². The average molecular weight is 231 g/mol. The second-order valence-electron chi connectivity index (χ2n) is 5.51. The molecular formula is C16H25N. The summed E-state index contributed by atoms with van der Waals surface area (Å²) in [6.45, 7) is 6.82. The second kappa shape index (κ2) is 5.22. The van der Waals surface area contributed by atoms with Gasteiger partial charge in [-0.05, 0) is 60.3 Å². The molecule has 2 unspecified atom stereocenters. The minimum Gasteiger partial charge on any atom is -0.324 e. The molecule has 0 spiro atoms. The molecule has 0 heterocycles. The first-order valence-electron chi connectivity index (χ1n) is 7.05. The standard InChI is InChI=1S/C16H25N/c1-4-12-9-14-7-6-11(3)8-16(17)15(14)10-13(12)5-2/h9-11,16H,4-8,17H2,1-3H3. The van der Waals surface area contributed by atoms with Crippen molar-refractivity contribution in [2.75, 3.05) is 0 Å². The Bertz CT molecular complexity index is 395. The Balaban J connectivity index is 2.45. The molecular weight excluding hydrogens is 206 g/mol. The van der Waals surface area contributed by atoms with Crippen molar-refractivity contribution in [3.8, 4) is 0 Å². The Morgan fingerprint density at radius 1 is 1.18 bits per heavy atom. The molecule has 0 amide bonds. The smallest absolute Gasteiger partial charge is 0.0300 e. The van der Waals surface area contributed by atoms with Crippen molar-refractivity contribution < 1.29 is 0 Å². The van der Waals surface area contributed by atoms with Gasteiger partial charge in [-0.15, -0.1) is 0 Å². The number of hydrogen-bond donors (Lipinski definition) is 1. The molecule has 0 fully saturated rings. The second-order valence-corrected chi connectivity index (χ2v) is 5.51. The van der Waals surface area contributed by atoms with E-state index in [-0.39, 0.29) is 6.04 Å². The predicted octanol–water partition coefficient (Wildman–Crippen LogP) is 3.78. The summed E-state index contributed by atoms with van der Waals surface area (Å²) in [6.07, 6.45) is 5.90. The van der Waals surface area contributed by atoms with E-state index in [4.69, 9.17) is 5.73 Å². The highest BCUT2D eigenvalue weighted by Gasteiger charge is 2.20. The Labute approximate surface area is 105 Å². The Hall–Kier alpha value is -0.820. The first kappa shape index (κ1) is 12.6. The lowest BCUT2D eigenvalue weighted by molar-refractivity contribution is 0.464. The maximum absolute atomic E-state index is 6.35. The van der Waals surface area contributed by atoms with Crippen LogP contribution in [0.5, 0.6) is 0 Å². The van der Waals surface area contributed by atoms with E-state index in [2.05, 4.69) is 32.9 Å². The van der Waals surface area contributed by atoms with Gasteiger partial charge in [-0.3, -0.25) is 0 Å². The zero-order valence-electron chi connectivity index (χ0n) is 11.4. The third-order valence-electron chi connectivity index (χ3n) is 4.19. The topological polar surface area (TPSA) is 26.0 Å². The zero-order valence-corrected chi connectivity index (χ0v) is 11.4. The van der Waals surface area contributed by atoms with Crippen LogP contribution >= 0.6 is 0 Å². The molecule has 17 heavy (non-hydrogen) atoms. The minimum absolute atomic E-state index is 0.249. The summed E-state index contributed by atoms with van der Waals surface area (Å²) in [5.74, 6) is 0.757. The fourth-order valence-corrected chi connectivity index (χ4v) is 3.06. The summed E-state index contributed by atoms with van der Waals surface area (Å²) in [7, 11) is 0. The normalized spacial score (nSPS) is 24.2. The van der Waals surface area contributed by atoms with Crippen LogP contribution in [-0.4, -0.2) is 0 Å². The van der Waals surface area contributed by atoms with Crippen LogP contribution in [0.25, 0.3) is 0 Å². The number of fused-ring (bicyclic) bond motifs is 1. The van der Waals surface area contributed by atoms with Crippen molar-refractivity contribution in [1.29, 1.82) is 0 Å². The van der Waals surface area contributed by atoms with Crippen LogP contribution in [0.1, 0.15) is 61.9 Å². The molecule has 1 aliphatic carbocycles. The molecule has 2 atom stereocenters. The van der Waals surface area contributed by atoms with Gasteiger partial charge in [-0.2, -0.15) is 0 Å². The van der Waals surface area contributed by atoms with Crippen LogP contribution in [0.4, 0.5) is 0 Å². The Kier molecular flexibility index (Phi) is 3.88. The lowest BCUT2D eigenvalue weighted by Crippen LogP contribution is -2.13. The fourth-order valence-electron chi connectivity index (χ4n) is 3.06. The molecule has 0 bridgehead atoms. The SMILES string of the molecule is CCc1cc2c(cc1CC)C(N)CC(C)CC2. The summed E-state index contributed by atoms with van der Waals surface area (Å²) in [5.41, 5.74) is 12.3. The van der Waals surface area contributed by atoms with E-state index in [9.17, 15) is 0 Å². The molecule has 0 aromatic heterocycles. The molecule has 2 rings (SSSR count). The lowest BCUT2D eigenvalue weighted by atomic mass is 9.91. The predicted molar refractivity (Wildman–Crippen MR) is 74.2 cm³/mol. The molecule has 1 heteroatoms. The number of nitrogens with two attached hydrogens (primary N) is 1. The highest BCUT2D eigenvalue weighted by Crippen LogP contribution is 2.32. The summed E-state index contributed by atoms with van der Waals surface area (Å²) in [5, 5.41) is 0. The largest absolute Gasteiger partial charge is 0.324 e. The average Bonchev–Trinajstić information content (AvgIpc) is 2.47. The van der Waals surface area contributed by atoms with Crippen LogP contribution in [0.2, 0.25) is 0 Å². The highest BCUT2D eigenvalue weighted by molar-refractivity contribution is 5.41. The molecule has 1 aromatic rings. The lowest BCUT2D eigenvalue weighted by Gasteiger charge is -2.17. The fraction of sp³-hybridized carbons (Fsp3) is 0.625. The number of aryl methyl sites for hydroxylation is 3. The van der Waals surface area contributed by atoms with Crippen molar-refractivity contribution in [1.82, 2.24) is 0 Å². The van der Waals surface area contributed by atoms with Crippen LogP contribution in [0.15, 0.2) is 12.1 Å². The van der Waals surface area contributed by atoms with Crippen LogP contribution in [0, 0.1) is 5.92 Å².